The molecule has 0 aliphatic rings. The van der Waals surface area contributed by atoms with E-state index < -0.39 is 0 Å². The van der Waals surface area contributed by atoms with Crippen LogP contribution in [0.2, 0.25) is 5.02 Å². The molecule has 0 unspecified atom stereocenters. The topological polar surface area (TPSA) is 56.7 Å². The van der Waals surface area contributed by atoms with Crippen LogP contribution < -0.4 is 5.73 Å². The molecular formula is C17H17ClN4. The fraction of sp³-hybridized carbons (Fsp3) is 0.176. The van der Waals surface area contributed by atoms with E-state index in [1.54, 1.807) is 0 Å². The van der Waals surface area contributed by atoms with Crippen LogP contribution in [0.15, 0.2) is 54.6 Å². The second-order valence-corrected chi connectivity index (χ2v) is 5.57. The molecule has 3 rings (SSSR count). The predicted octanol–water partition coefficient (Wildman–Crippen LogP) is 3.03. The Morgan fingerprint density at radius 1 is 0.955 bits per heavy atom. The summed E-state index contributed by atoms with van der Waals surface area (Å²) in [7, 11) is 0. The van der Waals surface area contributed by atoms with Crippen molar-refractivity contribution in [3.8, 4) is 0 Å². The average molecular weight is 313 g/mol. The number of nitrogens with two attached hydrogens (primary N) is 1. The second-order valence-electron chi connectivity index (χ2n) is 5.13. The maximum Gasteiger partial charge on any atom is 0.0998 e. The average Bonchev–Trinajstić information content (AvgIpc) is 2.92. The quantitative estimate of drug-likeness (QED) is 0.788. The van der Waals surface area contributed by atoms with E-state index in [0.29, 0.717) is 13.1 Å². The third-order valence-corrected chi connectivity index (χ3v) is 3.82. The van der Waals surface area contributed by atoms with Crippen molar-refractivity contribution in [3.63, 3.8) is 0 Å². The van der Waals surface area contributed by atoms with Crippen LogP contribution in [-0.2, 0) is 19.5 Å². The number of benzene rings is 2. The fourth-order valence-corrected chi connectivity index (χ4v) is 2.53. The number of hydrogen-bond acceptors (Lipinski definition) is 3. The predicted molar refractivity (Wildman–Crippen MR) is 87.7 cm³/mol. The molecule has 22 heavy (non-hydrogen) atoms. The molecule has 0 radical (unpaired) electrons. The van der Waals surface area contributed by atoms with Gasteiger partial charge in [0.1, 0.15) is 0 Å². The molecule has 1 aromatic heterocycles. The molecule has 0 atom stereocenters. The Morgan fingerprint density at radius 3 is 2.36 bits per heavy atom. The van der Waals surface area contributed by atoms with Crippen molar-refractivity contribution in [1.82, 2.24) is 15.0 Å². The minimum atomic E-state index is 0.392. The van der Waals surface area contributed by atoms with Gasteiger partial charge in [-0.3, -0.25) is 0 Å². The molecule has 0 bridgehead atoms. The monoisotopic (exact) mass is 312 g/mol. The van der Waals surface area contributed by atoms with Gasteiger partial charge in [-0.15, -0.1) is 5.10 Å². The largest absolute Gasteiger partial charge is 0.325 e. The maximum atomic E-state index is 5.93. The van der Waals surface area contributed by atoms with Crippen molar-refractivity contribution in [2.75, 3.05) is 0 Å². The highest BCUT2D eigenvalue weighted by Gasteiger charge is 2.12. The summed E-state index contributed by atoms with van der Waals surface area (Å²) in [5, 5.41) is 9.19. The summed E-state index contributed by atoms with van der Waals surface area (Å²) in [5.74, 6) is 0. The van der Waals surface area contributed by atoms with Crippen LogP contribution in [0.1, 0.15) is 22.5 Å². The Balaban J connectivity index is 1.88. The molecule has 0 aliphatic carbocycles. The fourth-order valence-electron chi connectivity index (χ4n) is 2.40. The summed E-state index contributed by atoms with van der Waals surface area (Å²) in [4.78, 5) is 0. The summed E-state index contributed by atoms with van der Waals surface area (Å²) in [5.41, 5.74) is 10.1. The van der Waals surface area contributed by atoms with E-state index in [-0.39, 0.29) is 0 Å². The molecular weight excluding hydrogens is 296 g/mol. The summed E-state index contributed by atoms with van der Waals surface area (Å²) in [6.45, 7) is 1.05. The normalized spacial score (nSPS) is 10.8. The van der Waals surface area contributed by atoms with Gasteiger partial charge in [0.15, 0.2) is 0 Å². The van der Waals surface area contributed by atoms with Crippen molar-refractivity contribution >= 4 is 11.6 Å². The number of halogens is 1. The highest BCUT2D eigenvalue weighted by Crippen LogP contribution is 2.15. The summed E-state index contributed by atoms with van der Waals surface area (Å²) < 4.78 is 1.92. The first kappa shape index (κ1) is 14.8. The van der Waals surface area contributed by atoms with E-state index in [1.165, 1.54) is 5.56 Å². The molecule has 2 aromatic carbocycles. The van der Waals surface area contributed by atoms with E-state index in [1.807, 2.05) is 47.1 Å². The van der Waals surface area contributed by atoms with Crippen LogP contribution in [0.5, 0.6) is 0 Å². The summed E-state index contributed by atoms with van der Waals surface area (Å²) >= 11 is 5.93. The lowest BCUT2D eigenvalue weighted by Gasteiger charge is -2.08. The Labute approximate surface area is 134 Å². The molecule has 112 valence electrons. The first-order valence-electron chi connectivity index (χ1n) is 7.16. The zero-order valence-electron chi connectivity index (χ0n) is 12.1. The smallest absolute Gasteiger partial charge is 0.0998 e. The van der Waals surface area contributed by atoms with Crippen molar-refractivity contribution in [3.05, 3.63) is 82.1 Å². The molecule has 3 aromatic rings. The van der Waals surface area contributed by atoms with E-state index in [0.717, 1.165) is 28.4 Å². The summed E-state index contributed by atoms with van der Waals surface area (Å²) in [6.07, 6.45) is 0.772. The molecule has 4 nitrogen and oxygen atoms in total. The SMILES string of the molecule is NCc1nnn(Cc2ccc(Cl)cc2)c1Cc1ccccc1. The number of aromatic nitrogens is 3. The van der Waals surface area contributed by atoms with Crippen molar-refractivity contribution < 1.29 is 0 Å². The second kappa shape index (κ2) is 6.73. The molecule has 0 fully saturated rings. The van der Waals surface area contributed by atoms with Gasteiger partial charge in [-0.1, -0.05) is 59.3 Å². The van der Waals surface area contributed by atoms with E-state index in [4.69, 9.17) is 17.3 Å². The number of hydrogen-bond donors (Lipinski definition) is 1. The minimum Gasteiger partial charge on any atom is -0.325 e. The maximum absolute atomic E-state index is 5.93. The van der Waals surface area contributed by atoms with Crippen LogP contribution in [0, 0.1) is 0 Å². The number of rotatable bonds is 5. The van der Waals surface area contributed by atoms with Crippen molar-refractivity contribution in [2.45, 2.75) is 19.5 Å². The van der Waals surface area contributed by atoms with Crippen molar-refractivity contribution in [2.24, 2.45) is 5.73 Å². The molecule has 0 saturated heterocycles. The van der Waals surface area contributed by atoms with E-state index >= 15 is 0 Å². The third kappa shape index (κ3) is 3.35. The lowest BCUT2D eigenvalue weighted by molar-refractivity contribution is 0.625. The third-order valence-electron chi connectivity index (χ3n) is 3.57. The van der Waals surface area contributed by atoms with Gasteiger partial charge >= 0.3 is 0 Å². The van der Waals surface area contributed by atoms with Crippen LogP contribution in [-0.4, -0.2) is 15.0 Å². The Bertz CT molecular complexity index is 735. The summed E-state index contributed by atoms with van der Waals surface area (Å²) in [6, 6.07) is 18.0. The van der Waals surface area contributed by atoms with E-state index in [2.05, 4.69) is 22.4 Å². The highest BCUT2D eigenvalue weighted by atomic mass is 35.5. The highest BCUT2D eigenvalue weighted by molar-refractivity contribution is 6.30. The first-order valence-corrected chi connectivity index (χ1v) is 7.53. The van der Waals surface area contributed by atoms with Crippen LogP contribution in [0.4, 0.5) is 0 Å². The first-order chi connectivity index (χ1) is 10.8. The van der Waals surface area contributed by atoms with Gasteiger partial charge in [-0.05, 0) is 23.3 Å². The van der Waals surface area contributed by atoms with Gasteiger partial charge < -0.3 is 5.73 Å². The zero-order valence-corrected chi connectivity index (χ0v) is 12.9. The molecule has 0 saturated carbocycles. The van der Waals surface area contributed by atoms with Crippen LogP contribution >= 0.6 is 11.6 Å². The van der Waals surface area contributed by atoms with Gasteiger partial charge in [0.05, 0.1) is 17.9 Å². The molecule has 2 N–H and O–H groups in total. The zero-order chi connectivity index (χ0) is 15.4. The lowest BCUT2D eigenvalue weighted by Crippen LogP contribution is -2.09. The van der Waals surface area contributed by atoms with Gasteiger partial charge in [0, 0.05) is 18.0 Å². The van der Waals surface area contributed by atoms with E-state index in [9.17, 15) is 0 Å². The van der Waals surface area contributed by atoms with Gasteiger partial charge in [0.2, 0.25) is 0 Å². The standard InChI is InChI=1S/C17H17ClN4/c18-15-8-6-14(7-9-15)12-22-17(16(11-19)20-21-22)10-13-4-2-1-3-5-13/h1-9H,10-12,19H2. The Hall–Kier alpha value is -2.17. The van der Waals surface area contributed by atoms with Gasteiger partial charge in [-0.25, -0.2) is 4.68 Å². The minimum absolute atomic E-state index is 0.392. The Kier molecular flexibility index (Phi) is 4.51. The van der Waals surface area contributed by atoms with Crippen molar-refractivity contribution in [1.29, 1.82) is 0 Å². The molecule has 1 heterocycles. The van der Waals surface area contributed by atoms with Gasteiger partial charge in [0.25, 0.3) is 0 Å². The van der Waals surface area contributed by atoms with Gasteiger partial charge in [-0.2, -0.15) is 0 Å². The lowest BCUT2D eigenvalue weighted by atomic mass is 10.1. The molecule has 0 aliphatic heterocycles. The Morgan fingerprint density at radius 2 is 1.68 bits per heavy atom. The molecule has 0 spiro atoms. The molecule has 5 heteroatoms. The molecule has 0 amide bonds. The number of nitrogens with zero attached hydrogens (tertiary/aromatic N) is 3. The van der Waals surface area contributed by atoms with Crippen LogP contribution in [0.25, 0.3) is 0 Å². The van der Waals surface area contributed by atoms with Crippen LogP contribution in [0.3, 0.4) is 0 Å².